The van der Waals surface area contributed by atoms with Crippen LogP contribution in [0.15, 0.2) is 50.9 Å². The Morgan fingerprint density at radius 1 is 1.00 bits per heavy atom. The van der Waals surface area contributed by atoms with Crippen LogP contribution in [0.2, 0.25) is 0 Å². The molecule has 1 aromatic heterocycles. The van der Waals surface area contributed by atoms with Crippen molar-refractivity contribution in [1.82, 2.24) is 9.55 Å². The van der Waals surface area contributed by atoms with Crippen LogP contribution in [0.3, 0.4) is 0 Å². The average molecular weight is 522 g/mol. The van der Waals surface area contributed by atoms with Gasteiger partial charge in [0.2, 0.25) is 5.91 Å². The molecule has 0 spiro atoms. The second-order valence-electron chi connectivity index (χ2n) is 9.59. The van der Waals surface area contributed by atoms with Gasteiger partial charge in [-0.25, -0.2) is 9.59 Å². The van der Waals surface area contributed by atoms with Gasteiger partial charge in [-0.05, 0) is 62.1 Å². The average Bonchev–Trinajstić information content (AvgIpc) is 3.55. The quantitative estimate of drug-likeness (QED) is 0.512. The number of thioether (sulfide) groups is 1. The summed E-state index contributed by atoms with van der Waals surface area (Å²) in [7, 11) is 0. The third-order valence-electron chi connectivity index (χ3n) is 7.13. The first-order valence-electron chi connectivity index (χ1n) is 12.5. The normalized spacial score (nSPS) is 19.3. The van der Waals surface area contributed by atoms with Crippen molar-refractivity contribution >= 4 is 51.7 Å². The Balaban J connectivity index is 1.13. The highest BCUT2D eigenvalue weighted by molar-refractivity contribution is 8.00. The molecule has 4 heterocycles. The van der Waals surface area contributed by atoms with Gasteiger partial charge in [-0.2, -0.15) is 0 Å². The number of aromatic nitrogens is 2. The monoisotopic (exact) mass is 521 g/mol. The molecular formula is C26H27N5O5S. The van der Waals surface area contributed by atoms with E-state index in [2.05, 4.69) is 15.2 Å². The molecular weight excluding hydrogens is 494 g/mol. The number of H-pyrrole nitrogens is 1. The van der Waals surface area contributed by atoms with Gasteiger partial charge in [-0.3, -0.25) is 19.1 Å². The number of hydrogen-bond donors (Lipinski definition) is 2. The van der Waals surface area contributed by atoms with Crippen molar-refractivity contribution in [2.45, 2.75) is 43.2 Å². The van der Waals surface area contributed by atoms with Crippen LogP contribution < -0.4 is 26.4 Å². The van der Waals surface area contributed by atoms with Crippen molar-refractivity contribution in [2.24, 2.45) is 0 Å². The zero-order valence-corrected chi connectivity index (χ0v) is 21.0. The van der Waals surface area contributed by atoms with E-state index < -0.39 is 11.8 Å². The Hall–Kier alpha value is -3.73. The molecule has 6 rings (SSSR count). The smallest absolute Gasteiger partial charge is 0.414 e. The summed E-state index contributed by atoms with van der Waals surface area (Å²) in [4.78, 5) is 57.6. The number of rotatable bonds is 6. The van der Waals surface area contributed by atoms with Gasteiger partial charge in [0.15, 0.2) is 0 Å². The summed E-state index contributed by atoms with van der Waals surface area (Å²) >= 11 is 1.46. The van der Waals surface area contributed by atoms with Crippen LogP contribution in [0.25, 0.3) is 10.9 Å². The molecule has 192 valence electrons. The highest BCUT2D eigenvalue weighted by Crippen LogP contribution is 2.35. The fourth-order valence-electron chi connectivity index (χ4n) is 5.21. The molecule has 3 aromatic rings. The predicted octanol–water partition coefficient (Wildman–Crippen LogP) is 3.14. The standard InChI is InChI=1S/C26H27N5O5S/c32-23-15-37-22-8-6-17(13-21(22)27-23)31-14-18(36-26(31)35)4-3-11-30-24(33)19-12-16(29-9-1-2-10-29)5-7-20(19)28-25(30)34/h5-8,12-13,18H,1-4,9-11,14-15H2,(H,27,32)(H,28,34). The summed E-state index contributed by atoms with van der Waals surface area (Å²) < 4.78 is 6.78. The molecule has 0 bridgehead atoms. The van der Waals surface area contributed by atoms with E-state index in [9.17, 15) is 19.2 Å². The van der Waals surface area contributed by atoms with Crippen molar-refractivity contribution in [1.29, 1.82) is 0 Å². The summed E-state index contributed by atoms with van der Waals surface area (Å²) in [5, 5.41) is 3.34. The number of nitrogens with zero attached hydrogens (tertiary/aromatic N) is 3. The van der Waals surface area contributed by atoms with E-state index in [0.29, 0.717) is 47.4 Å². The van der Waals surface area contributed by atoms with Crippen LogP contribution in [0, 0.1) is 0 Å². The first-order chi connectivity index (χ1) is 18.0. The van der Waals surface area contributed by atoms with E-state index in [-0.39, 0.29) is 24.1 Å². The molecule has 37 heavy (non-hydrogen) atoms. The predicted molar refractivity (Wildman–Crippen MR) is 143 cm³/mol. The summed E-state index contributed by atoms with van der Waals surface area (Å²) in [6.45, 7) is 2.54. The van der Waals surface area contributed by atoms with Gasteiger partial charge in [0, 0.05) is 35.9 Å². The van der Waals surface area contributed by atoms with Crippen LogP contribution in [0.1, 0.15) is 25.7 Å². The van der Waals surface area contributed by atoms with Gasteiger partial charge in [0.05, 0.1) is 28.9 Å². The summed E-state index contributed by atoms with van der Waals surface area (Å²) in [5.41, 5.74) is 2.14. The van der Waals surface area contributed by atoms with Crippen molar-refractivity contribution in [3.63, 3.8) is 0 Å². The second-order valence-corrected chi connectivity index (χ2v) is 10.6. The number of amides is 2. The minimum atomic E-state index is -0.449. The Morgan fingerprint density at radius 2 is 1.81 bits per heavy atom. The summed E-state index contributed by atoms with van der Waals surface area (Å²) in [6.07, 6.45) is 2.48. The highest BCUT2D eigenvalue weighted by atomic mass is 32.2. The van der Waals surface area contributed by atoms with Crippen LogP contribution in [-0.2, 0) is 16.1 Å². The molecule has 0 radical (unpaired) electrons. The van der Waals surface area contributed by atoms with Crippen LogP contribution in [-0.4, -0.2) is 53.0 Å². The van der Waals surface area contributed by atoms with Gasteiger partial charge in [-0.1, -0.05) is 0 Å². The van der Waals surface area contributed by atoms with Gasteiger partial charge in [0.1, 0.15) is 6.10 Å². The lowest BCUT2D eigenvalue weighted by Crippen LogP contribution is -2.35. The first-order valence-corrected chi connectivity index (χ1v) is 13.5. The van der Waals surface area contributed by atoms with Crippen LogP contribution in [0.5, 0.6) is 0 Å². The Labute approximate surface area is 216 Å². The molecule has 2 aromatic carbocycles. The molecule has 11 heteroatoms. The van der Waals surface area contributed by atoms with Crippen molar-refractivity contribution in [2.75, 3.05) is 40.5 Å². The first kappa shape index (κ1) is 23.7. The molecule has 2 N–H and O–H groups in total. The fraction of sp³-hybridized carbons (Fsp3) is 0.385. The third-order valence-corrected chi connectivity index (χ3v) is 8.20. The number of aromatic amines is 1. The number of fused-ring (bicyclic) bond motifs is 2. The van der Waals surface area contributed by atoms with Gasteiger partial charge in [0.25, 0.3) is 5.56 Å². The van der Waals surface area contributed by atoms with Crippen molar-refractivity contribution in [3.05, 3.63) is 57.2 Å². The topological polar surface area (TPSA) is 117 Å². The molecule has 2 fully saturated rings. The van der Waals surface area contributed by atoms with E-state index in [0.717, 1.165) is 36.5 Å². The zero-order valence-electron chi connectivity index (χ0n) is 20.2. The second kappa shape index (κ2) is 9.62. The number of benzene rings is 2. The minimum absolute atomic E-state index is 0.0669. The molecule has 2 amide bonds. The van der Waals surface area contributed by atoms with E-state index in [1.807, 2.05) is 24.3 Å². The third kappa shape index (κ3) is 4.59. The highest BCUT2D eigenvalue weighted by Gasteiger charge is 2.32. The number of anilines is 3. The van der Waals surface area contributed by atoms with E-state index in [4.69, 9.17) is 4.74 Å². The Kier molecular flexibility index (Phi) is 6.15. The molecule has 3 aliphatic rings. The maximum Gasteiger partial charge on any atom is 0.414 e. The maximum absolute atomic E-state index is 13.2. The van der Waals surface area contributed by atoms with Crippen LogP contribution in [0.4, 0.5) is 21.9 Å². The Bertz CT molecular complexity index is 1510. The lowest BCUT2D eigenvalue weighted by atomic mass is 10.1. The molecule has 1 unspecified atom stereocenters. The van der Waals surface area contributed by atoms with E-state index in [1.165, 1.54) is 16.3 Å². The van der Waals surface area contributed by atoms with Crippen LogP contribution >= 0.6 is 11.8 Å². The lowest BCUT2D eigenvalue weighted by molar-refractivity contribution is -0.113. The maximum atomic E-state index is 13.2. The number of hydrogen-bond acceptors (Lipinski definition) is 7. The Morgan fingerprint density at radius 3 is 2.65 bits per heavy atom. The number of carbonyl (C=O) groups excluding carboxylic acids is 2. The molecule has 3 aliphatic heterocycles. The molecule has 10 nitrogen and oxygen atoms in total. The molecule has 1 atom stereocenters. The number of carbonyl (C=O) groups is 2. The number of ether oxygens (including phenoxy) is 1. The molecule has 0 aliphatic carbocycles. The van der Waals surface area contributed by atoms with Gasteiger partial charge in [-0.15, -0.1) is 11.8 Å². The SMILES string of the molecule is O=C1CSc2ccc(N3CC(CCCn4c(=O)[nH]c5ccc(N6CCCC6)cc5c4=O)OC3=O)cc2N1. The summed E-state index contributed by atoms with van der Waals surface area (Å²) in [6, 6.07) is 11.1. The molecule has 2 saturated heterocycles. The number of cyclic esters (lactones) is 1. The lowest BCUT2D eigenvalue weighted by Gasteiger charge is -2.20. The van der Waals surface area contributed by atoms with Gasteiger partial charge >= 0.3 is 11.8 Å². The fourth-order valence-corrected chi connectivity index (χ4v) is 6.00. The largest absolute Gasteiger partial charge is 0.444 e. The van der Waals surface area contributed by atoms with Gasteiger partial charge < -0.3 is 19.9 Å². The minimum Gasteiger partial charge on any atom is -0.444 e. The number of nitrogens with one attached hydrogen (secondary N) is 2. The van der Waals surface area contributed by atoms with E-state index >= 15 is 0 Å². The van der Waals surface area contributed by atoms with Crippen molar-refractivity contribution < 1.29 is 14.3 Å². The van der Waals surface area contributed by atoms with Crippen molar-refractivity contribution in [3.8, 4) is 0 Å². The zero-order chi connectivity index (χ0) is 25.5. The molecule has 0 saturated carbocycles. The van der Waals surface area contributed by atoms with E-state index in [1.54, 1.807) is 17.0 Å². The summed E-state index contributed by atoms with van der Waals surface area (Å²) in [5.74, 6) is 0.311.